The molecule has 2 N–H and O–H groups in total. The summed E-state index contributed by atoms with van der Waals surface area (Å²) >= 11 is 0. The Morgan fingerprint density at radius 3 is 2.41 bits per heavy atom. The van der Waals surface area contributed by atoms with E-state index in [0.29, 0.717) is 23.7 Å². The summed E-state index contributed by atoms with van der Waals surface area (Å²) in [7, 11) is 0. The van der Waals surface area contributed by atoms with Crippen molar-refractivity contribution in [1.82, 2.24) is 9.47 Å². The van der Waals surface area contributed by atoms with E-state index >= 15 is 0 Å². The molecule has 4 nitrogen and oxygen atoms in total. The molecule has 3 heterocycles. The number of aromatic nitrogens is 1. The van der Waals surface area contributed by atoms with Gasteiger partial charge >= 0.3 is 0 Å². The number of carbonyl (C=O) groups is 1. The van der Waals surface area contributed by atoms with Crippen molar-refractivity contribution in [3.63, 3.8) is 0 Å². The highest BCUT2D eigenvalue weighted by Gasteiger charge is 2.41. The zero-order valence-electron chi connectivity index (χ0n) is 15.4. The minimum Gasteiger partial charge on any atom is -0.366 e. The molecule has 1 amide bonds. The number of rotatable bonds is 4. The number of primary amides is 1. The second-order valence-corrected chi connectivity index (χ2v) is 8.03. The van der Waals surface area contributed by atoms with Gasteiger partial charge in [-0.05, 0) is 54.8 Å². The lowest BCUT2D eigenvalue weighted by atomic mass is 9.96. The molecule has 2 aliphatic rings. The van der Waals surface area contributed by atoms with Crippen LogP contribution in [0.2, 0.25) is 0 Å². The lowest BCUT2D eigenvalue weighted by Gasteiger charge is -2.39. The van der Waals surface area contributed by atoms with E-state index in [4.69, 9.17) is 5.73 Å². The summed E-state index contributed by atoms with van der Waals surface area (Å²) in [4.78, 5) is 14.3. The van der Waals surface area contributed by atoms with Crippen LogP contribution in [0.15, 0.2) is 60.8 Å². The summed E-state index contributed by atoms with van der Waals surface area (Å²) < 4.78 is 2.38. The standard InChI is InChI=1S/C23H25N3O/c24-23(27)18-7-6-17-10-11-25(22(17)12-18)21-13-19-8-9-20(14-21)26(19)15-16-4-2-1-3-5-16/h1-7,10-12,19-21H,8-9,13-15H2,(H2,24,27)/t19-,20+,21?. The van der Waals surface area contributed by atoms with Gasteiger partial charge in [-0.25, -0.2) is 0 Å². The topological polar surface area (TPSA) is 51.3 Å². The van der Waals surface area contributed by atoms with E-state index < -0.39 is 0 Å². The Morgan fingerprint density at radius 1 is 0.963 bits per heavy atom. The molecule has 2 aromatic carbocycles. The number of hydrogen-bond donors (Lipinski definition) is 1. The van der Waals surface area contributed by atoms with Crippen LogP contribution in [0.1, 0.15) is 47.6 Å². The lowest BCUT2D eigenvalue weighted by molar-refractivity contribution is 0.0997. The molecule has 2 bridgehead atoms. The molecule has 2 saturated heterocycles. The number of hydrogen-bond acceptors (Lipinski definition) is 2. The Bertz CT molecular complexity index is 964. The van der Waals surface area contributed by atoms with Gasteiger partial charge in [0.1, 0.15) is 0 Å². The fraction of sp³-hybridized carbons (Fsp3) is 0.348. The van der Waals surface area contributed by atoms with Crippen LogP contribution in [0.5, 0.6) is 0 Å². The molecule has 3 aromatic rings. The SMILES string of the molecule is NC(=O)c1ccc2ccn(C3C[C@H]4CC[C@@H](C3)N4Cc3ccccc3)c2c1. The third kappa shape index (κ3) is 2.94. The van der Waals surface area contributed by atoms with Crippen molar-refractivity contribution in [2.24, 2.45) is 5.73 Å². The molecule has 138 valence electrons. The molecule has 0 aliphatic carbocycles. The highest BCUT2D eigenvalue weighted by Crippen LogP contribution is 2.42. The van der Waals surface area contributed by atoms with Gasteiger partial charge in [0.05, 0.1) is 0 Å². The Labute approximate surface area is 159 Å². The van der Waals surface area contributed by atoms with Gasteiger partial charge in [-0.1, -0.05) is 36.4 Å². The normalized spacial score (nSPS) is 25.1. The van der Waals surface area contributed by atoms with E-state index in [1.165, 1.54) is 36.6 Å². The number of piperidine rings is 1. The molecule has 2 fully saturated rings. The first kappa shape index (κ1) is 16.6. The molecule has 4 heteroatoms. The number of nitrogens with two attached hydrogens (primary N) is 1. The second kappa shape index (κ2) is 6.54. The van der Waals surface area contributed by atoms with E-state index in [9.17, 15) is 4.79 Å². The maximum Gasteiger partial charge on any atom is 0.248 e. The van der Waals surface area contributed by atoms with Crippen molar-refractivity contribution < 1.29 is 4.79 Å². The van der Waals surface area contributed by atoms with E-state index in [1.54, 1.807) is 0 Å². The van der Waals surface area contributed by atoms with E-state index in [1.807, 2.05) is 18.2 Å². The first-order valence-electron chi connectivity index (χ1n) is 9.89. The highest BCUT2D eigenvalue weighted by atomic mass is 16.1. The van der Waals surface area contributed by atoms with Crippen molar-refractivity contribution in [3.05, 3.63) is 71.9 Å². The van der Waals surface area contributed by atoms with E-state index in [0.717, 1.165) is 12.1 Å². The summed E-state index contributed by atoms with van der Waals surface area (Å²) in [5.41, 5.74) is 8.62. The fourth-order valence-electron chi connectivity index (χ4n) is 5.15. The third-order valence-corrected chi connectivity index (χ3v) is 6.47. The predicted molar refractivity (Wildman–Crippen MR) is 108 cm³/mol. The number of fused-ring (bicyclic) bond motifs is 3. The fourth-order valence-corrected chi connectivity index (χ4v) is 5.15. The molecule has 0 spiro atoms. The van der Waals surface area contributed by atoms with Gasteiger partial charge in [0.25, 0.3) is 0 Å². The second-order valence-electron chi connectivity index (χ2n) is 8.03. The van der Waals surface area contributed by atoms with Crippen LogP contribution in [0, 0.1) is 0 Å². The first-order chi connectivity index (χ1) is 13.2. The molecule has 3 atom stereocenters. The van der Waals surface area contributed by atoms with Crippen molar-refractivity contribution in [2.45, 2.75) is 50.4 Å². The highest BCUT2D eigenvalue weighted by molar-refractivity contribution is 5.97. The maximum atomic E-state index is 11.6. The number of amides is 1. The molecule has 27 heavy (non-hydrogen) atoms. The zero-order chi connectivity index (χ0) is 18.4. The monoisotopic (exact) mass is 359 g/mol. The van der Waals surface area contributed by atoms with Crippen LogP contribution in [0.3, 0.4) is 0 Å². The maximum absolute atomic E-state index is 11.6. The van der Waals surface area contributed by atoms with Crippen LogP contribution < -0.4 is 5.73 Å². The van der Waals surface area contributed by atoms with Crippen molar-refractivity contribution in [2.75, 3.05) is 0 Å². The van der Waals surface area contributed by atoms with Gasteiger partial charge in [0.2, 0.25) is 5.91 Å². The molecule has 0 saturated carbocycles. The minimum atomic E-state index is -0.359. The Kier molecular flexibility index (Phi) is 4.01. The summed E-state index contributed by atoms with van der Waals surface area (Å²) in [5.74, 6) is -0.359. The first-order valence-corrected chi connectivity index (χ1v) is 9.89. The average molecular weight is 359 g/mol. The Morgan fingerprint density at radius 2 is 1.70 bits per heavy atom. The van der Waals surface area contributed by atoms with Crippen molar-refractivity contribution in [3.8, 4) is 0 Å². The largest absolute Gasteiger partial charge is 0.366 e. The number of benzene rings is 2. The van der Waals surface area contributed by atoms with Gasteiger partial charge in [-0.15, -0.1) is 0 Å². The summed E-state index contributed by atoms with van der Waals surface area (Å²) in [6.07, 6.45) is 7.12. The van der Waals surface area contributed by atoms with Gasteiger partial charge in [0, 0.05) is 41.9 Å². The van der Waals surface area contributed by atoms with Crippen molar-refractivity contribution in [1.29, 1.82) is 0 Å². The summed E-state index contributed by atoms with van der Waals surface area (Å²) in [5, 5.41) is 1.18. The van der Waals surface area contributed by atoms with E-state index in [2.05, 4.69) is 52.1 Å². The average Bonchev–Trinajstić information content (AvgIpc) is 3.19. The zero-order valence-corrected chi connectivity index (χ0v) is 15.4. The molecule has 2 aliphatic heterocycles. The van der Waals surface area contributed by atoms with Crippen molar-refractivity contribution >= 4 is 16.8 Å². The Balaban J connectivity index is 1.40. The molecular weight excluding hydrogens is 334 g/mol. The van der Waals surface area contributed by atoms with Gasteiger partial charge < -0.3 is 10.3 Å². The quantitative estimate of drug-likeness (QED) is 0.762. The molecular formula is C23H25N3O. The lowest BCUT2D eigenvalue weighted by Crippen LogP contribution is -2.42. The van der Waals surface area contributed by atoms with Crippen LogP contribution in [0.25, 0.3) is 10.9 Å². The van der Waals surface area contributed by atoms with E-state index in [-0.39, 0.29) is 5.91 Å². The minimum absolute atomic E-state index is 0.359. The van der Waals surface area contributed by atoms with Gasteiger partial charge in [-0.3, -0.25) is 9.69 Å². The van der Waals surface area contributed by atoms with Gasteiger partial charge in [-0.2, -0.15) is 0 Å². The smallest absolute Gasteiger partial charge is 0.248 e. The third-order valence-electron chi connectivity index (χ3n) is 6.47. The number of carbonyl (C=O) groups excluding carboxylic acids is 1. The van der Waals surface area contributed by atoms with Crippen LogP contribution >= 0.6 is 0 Å². The molecule has 1 aromatic heterocycles. The molecule has 5 rings (SSSR count). The summed E-state index contributed by atoms with van der Waals surface area (Å²) in [6.45, 7) is 1.06. The van der Waals surface area contributed by atoms with Crippen LogP contribution in [0.4, 0.5) is 0 Å². The van der Waals surface area contributed by atoms with Crippen LogP contribution in [-0.4, -0.2) is 27.5 Å². The predicted octanol–water partition coefficient (Wildman–Crippen LogP) is 4.11. The number of nitrogens with zero attached hydrogens (tertiary/aromatic N) is 2. The van der Waals surface area contributed by atoms with Crippen LogP contribution in [-0.2, 0) is 6.54 Å². The van der Waals surface area contributed by atoms with Gasteiger partial charge in [0.15, 0.2) is 0 Å². The molecule has 1 unspecified atom stereocenters. The molecule has 0 radical (unpaired) electrons. The Hall–Kier alpha value is -2.59. The summed E-state index contributed by atoms with van der Waals surface area (Å²) in [6, 6.07) is 20.5.